The number of hydrogen-bond donors (Lipinski definition) is 1. The van der Waals surface area contributed by atoms with E-state index >= 15 is 0 Å². The lowest BCUT2D eigenvalue weighted by atomic mass is 10.2. The topological polar surface area (TPSA) is 105 Å². The average molecular weight is 347 g/mol. The van der Waals surface area contributed by atoms with Crippen LogP contribution in [-0.4, -0.2) is 49.8 Å². The van der Waals surface area contributed by atoms with Crippen LogP contribution in [0.5, 0.6) is 0 Å². The SMILES string of the molecule is CCCN1C(=O)N[C@H](CC(=O)N2Cc3nc(C)n(C)c(=O)c3C2)C1=O. The zero-order valence-electron chi connectivity index (χ0n) is 14.5. The third kappa shape index (κ3) is 2.90. The Balaban J connectivity index is 1.70. The molecule has 25 heavy (non-hydrogen) atoms. The maximum absolute atomic E-state index is 12.5. The first kappa shape index (κ1) is 17.1. The molecule has 1 saturated heterocycles. The predicted molar refractivity (Wildman–Crippen MR) is 87.4 cm³/mol. The van der Waals surface area contributed by atoms with Crippen LogP contribution in [0.4, 0.5) is 4.79 Å². The maximum atomic E-state index is 12.5. The molecule has 0 bridgehead atoms. The number of fused-ring (bicyclic) bond motifs is 1. The molecule has 1 fully saturated rings. The molecule has 1 N–H and O–H groups in total. The third-order valence-electron chi connectivity index (χ3n) is 4.67. The fourth-order valence-corrected chi connectivity index (χ4v) is 3.16. The summed E-state index contributed by atoms with van der Waals surface area (Å²) in [6.45, 7) is 4.38. The average Bonchev–Trinajstić information content (AvgIpc) is 3.10. The van der Waals surface area contributed by atoms with Gasteiger partial charge in [0.25, 0.3) is 11.5 Å². The highest BCUT2D eigenvalue weighted by Gasteiger charge is 2.40. The molecule has 3 rings (SSSR count). The van der Waals surface area contributed by atoms with Crippen LogP contribution < -0.4 is 10.9 Å². The van der Waals surface area contributed by atoms with Gasteiger partial charge < -0.3 is 10.2 Å². The van der Waals surface area contributed by atoms with Gasteiger partial charge in [0.1, 0.15) is 11.9 Å². The van der Waals surface area contributed by atoms with Crippen LogP contribution in [0.15, 0.2) is 4.79 Å². The molecule has 3 heterocycles. The molecule has 2 aliphatic rings. The molecule has 0 radical (unpaired) electrons. The summed E-state index contributed by atoms with van der Waals surface area (Å²) in [5.74, 6) is -0.0667. The summed E-state index contributed by atoms with van der Waals surface area (Å²) in [4.78, 5) is 55.8. The normalized spacial score (nSPS) is 19.4. The standard InChI is InChI=1S/C16H21N5O4/c1-4-5-21-15(24)11(18-16(21)25)6-13(22)20-7-10-12(8-20)17-9(2)19(3)14(10)23/h11H,4-8H2,1-3H3,(H,18,25)/t11-/m1/s1. The lowest BCUT2D eigenvalue weighted by molar-refractivity contribution is -0.136. The fourth-order valence-electron chi connectivity index (χ4n) is 3.16. The number of carbonyl (C=O) groups excluding carboxylic acids is 3. The zero-order valence-corrected chi connectivity index (χ0v) is 14.5. The van der Waals surface area contributed by atoms with Gasteiger partial charge in [-0.05, 0) is 13.3 Å². The van der Waals surface area contributed by atoms with Crippen molar-refractivity contribution in [1.29, 1.82) is 0 Å². The van der Waals surface area contributed by atoms with E-state index < -0.39 is 12.1 Å². The lowest BCUT2D eigenvalue weighted by Crippen LogP contribution is -2.37. The van der Waals surface area contributed by atoms with Crippen molar-refractivity contribution in [2.45, 2.75) is 45.8 Å². The van der Waals surface area contributed by atoms with Crippen LogP contribution in [0.2, 0.25) is 0 Å². The van der Waals surface area contributed by atoms with Gasteiger partial charge in [0.2, 0.25) is 5.91 Å². The first-order chi connectivity index (χ1) is 11.8. The smallest absolute Gasteiger partial charge is 0.324 e. The molecule has 0 aromatic carbocycles. The van der Waals surface area contributed by atoms with Gasteiger partial charge in [-0.2, -0.15) is 0 Å². The number of amides is 4. The second-order valence-electron chi connectivity index (χ2n) is 6.39. The van der Waals surface area contributed by atoms with E-state index in [0.29, 0.717) is 30.0 Å². The number of nitrogens with zero attached hydrogens (tertiary/aromatic N) is 4. The number of nitrogens with one attached hydrogen (secondary N) is 1. The quantitative estimate of drug-likeness (QED) is 0.750. The second kappa shape index (κ2) is 6.30. The lowest BCUT2D eigenvalue weighted by Gasteiger charge is -2.17. The maximum Gasteiger partial charge on any atom is 0.324 e. The zero-order chi connectivity index (χ0) is 18.3. The van der Waals surface area contributed by atoms with Crippen LogP contribution in [0.1, 0.15) is 36.8 Å². The van der Waals surface area contributed by atoms with Crippen molar-refractivity contribution in [2.75, 3.05) is 6.54 Å². The largest absolute Gasteiger partial charge is 0.332 e. The molecule has 0 unspecified atom stereocenters. The van der Waals surface area contributed by atoms with Gasteiger partial charge >= 0.3 is 6.03 Å². The minimum Gasteiger partial charge on any atom is -0.332 e. The molecule has 1 atom stereocenters. The summed E-state index contributed by atoms with van der Waals surface area (Å²) >= 11 is 0. The first-order valence-corrected chi connectivity index (χ1v) is 8.28. The Morgan fingerprint density at radius 2 is 2.00 bits per heavy atom. The van der Waals surface area contributed by atoms with E-state index in [1.54, 1.807) is 14.0 Å². The Labute approximate surface area is 144 Å². The molecular weight excluding hydrogens is 326 g/mol. The molecule has 9 nitrogen and oxygen atoms in total. The van der Waals surface area contributed by atoms with Crippen molar-refractivity contribution < 1.29 is 14.4 Å². The van der Waals surface area contributed by atoms with Crippen molar-refractivity contribution in [2.24, 2.45) is 7.05 Å². The second-order valence-corrected chi connectivity index (χ2v) is 6.39. The summed E-state index contributed by atoms with van der Waals surface area (Å²) in [5.41, 5.74) is 0.955. The molecule has 134 valence electrons. The molecule has 1 aromatic heterocycles. The molecule has 1 aromatic rings. The number of hydrogen-bond acceptors (Lipinski definition) is 5. The molecule has 4 amide bonds. The van der Waals surface area contributed by atoms with E-state index in [0.717, 1.165) is 4.90 Å². The Kier molecular flexibility index (Phi) is 4.32. The van der Waals surface area contributed by atoms with Crippen LogP contribution in [0, 0.1) is 6.92 Å². The number of rotatable bonds is 4. The highest BCUT2D eigenvalue weighted by Crippen LogP contribution is 2.20. The van der Waals surface area contributed by atoms with Crippen LogP contribution in [-0.2, 0) is 29.7 Å². The van der Waals surface area contributed by atoms with Gasteiger partial charge in [0.05, 0.1) is 30.8 Å². The van der Waals surface area contributed by atoms with Gasteiger partial charge in [0, 0.05) is 13.6 Å². The van der Waals surface area contributed by atoms with Crippen molar-refractivity contribution in [1.82, 2.24) is 24.7 Å². The molecule has 0 aliphatic carbocycles. The number of carbonyl (C=O) groups is 3. The van der Waals surface area contributed by atoms with Crippen LogP contribution >= 0.6 is 0 Å². The van der Waals surface area contributed by atoms with E-state index in [2.05, 4.69) is 10.3 Å². The van der Waals surface area contributed by atoms with Gasteiger partial charge in [-0.25, -0.2) is 9.78 Å². The highest BCUT2D eigenvalue weighted by molar-refractivity contribution is 6.05. The first-order valence-electron chi connectivity index (χ1n) is 8.28. The highest BCUT2D eigenvalue weighted by atomic mass is 16.2. The van der Waals surface area contributed by atoms with Crippen molar-refractivity contribution in [3.05, 3.63) is 27.4 Å². The number of aryl methyl sites for hydroxylation is 1. The molecular formula is C16H21N5O4. The molecule has 0 saturated carbocycles. The minimum absolute atomic E-state index is 0.113. The summed E-state index contributed by atoms with van der Waals surface area (Å²) in [5, 5.41) is 2.55. The number of aromatic nitrogens is 2. The van der Waals surface area contributed by atoms with Gasteiger partial charge in [-0.3, -0.25) is 23.9 Å². The van der Waals surface area contributed by atoms with Gasteiger partial charge in [0.15, 0.2) is 0 Å². The van der Waals surface area contributed by atoms with Crippen LogP contribution in [0.3, 0.4) is 0 Å². The summed E-state index contributed by atoms with van der Waals surface area (Å²) < 4.78 is 1.45. The Morgan fingerprint density at radius 1 is 1.28 bits per heavy atom. The van der Waals surface area contributed by atoms with E-state index in [9.17, 15) is 19.2 Å². The fraction of sp³-hybridized carbons (Fsp3) is 0.562. The van der Waals surface area contributed by atoms with Gasteiger partial charge in [-0.15, -0.1) is 0 Å². The van der Waals surface area contributed by atoms with Crippen molar-refractivity contribution in [3.63, 3.8) is 0 Å². The molecule has 2 aliphatic heterocycles. The van der Waals surface area contributed by atoms with E-state index in [-0.39, 0.29) is 36.9 Å². The minimum atomic E-state index is -0.840. The Bertz CT molecular complexity index is 815. The predicted octanol–water partition coefficient (Wildman–Crippen LogP) is -0.349. The van der Waals surface area contributed by atoms with Crippen molar-refractivity contribution in [3.8, 4) is 0 Å². The summed E-state index contributed by atoms with van der Waals surface area (Å²) in [6.07, 6.45) is 0.549. The number of urea groups is 1. The van der Waals surface area contributed by atoms with Gasteiger partial charge in [-0.1, -0.05) is 6.92 Å². The van der Waals surface area contributed by atoms with E-state index in [1.165, 1.54) is 9.47 Å². The van der Waals surface area contributed by atoms with E-state index in [4.69, 9.17) is 0 Å². The third-order valence-corrected chi connectivity index (χ3v) is 4.67. The Hall–Kier alpha value is -2.71. The van der Waals surface area contributed by atoms with Crippen molar-refractivity contribution >= 4 is 17.8 Å². The van der Waals surface area contributed by atoms with Crippen LogP contribution in [0.25, 0.3) is 0 Å². The summed E-state index contributed by atoms with van der Waals surface area (Å²) in [6, 6.07) is -1.30. The Morgan fingerprint density at radius 3 is 2.68 bits per heavy atom. The molecule has 0 spiro atoms. The van der Waals surface area contributed by atoms with E-state index in [1.807, 2.05) is 6.92 Å². The summed E-state index contributed by atoms with van der Waals surface area (Å²) in [7, 11) is 1.64. The number of imide groups is 1. The monoisotopic (exact) mass is 347 g/mol. The molecule has 9 heteroatoms.